The molecular formula is C3H5F4NO3S. The highest BCUT2D eigenvalue weighted by Crippen LogP contribution is 2.23. The molecule has 4 nitrogen and oxygen atoms in total. The van der Waals surface area contributed by atoms with Crippen molar-refractivity contribution in [3.8, 4) is 0 Å². The van der Waals surface area contributed by atoms with Crippen LogP contribution in [0.1, 0.15) is 0 Å². The fourth-order valence-corrected chi connectivity index (χ4v) is 0.558. The second kappa shape index (κ2) is 3.54. The zero-order valence-corrected chi connectivity index (χ0v) is 6.32. The van der Waals surface area contributed by atoms with Crippen molar-refractivity contribution in [1.82, 2.24) is 0 Å². The van der Waals surface area contributed by atoms with Crippen molar-refractivity contribution in [3.63, 3.8) is 0 Å². The predicted octanol–water partition coefficient (Wildman–Crippen LogP) is 0.107. The zero-order valence-electron chi connectivity index (χ0n) is 5.51. The highest BCUT2D eigenvalue weighted by Gasteiger charge is 2.40. The minimum absolute atomic E-state index is 1.65. The number of halogens is 4. The molecule has 0 aliphatic heterocycles. The van der Waals surface area contributed by atoms with Crippen LogP contribution in [0.15, 0.2) is 0 Å². The normalized spacial score (nSPS) is 16.1. The summed E-state index contributed by atoms with van der Waals surface area (Å²) in [5, 5.41) is 4.14. The summed E-state index contributed by atoms with van der Waals surface area (Å²) in [6.45, 7) is -1.65. The molecule has 1 unspecified atom stereocenters. The first-order valence-electron chi connectivity index (χ1n) is 2.51. The number of nitrogens with two attached hydrogens (primary N) is 1. The minimum atomic E-state index is -5.13. The van der Waals surface area contributed by atoms with Gasteiger partial charge in [0.05, 0.1) is 0 Å². The fourth-order valence-electron chi connectivity index (χ4n) is 0.249. The van der Waals surface area contributed by atoms with Crippen LogP contribution < -0.4 is 5.14 Å². The van der Waals surface area contributed by atoms with E-state index in [-0.39, 0.29) is 0 Å². The Kier molecular flexibility index (Phi) is 3.42. The van der Waals surface area contributed by atoms with Crippen molar-refractivity contribution < 1.29 is 30.2 Å². The molecule has 0 saturated carbocycles. The topological polar surface area (TPSA) is 69.4 Å². The van der Waals surface area contributed by atoms with Gasteiger partial charge in [0.25, 0.3) is 0 Å². The first kappa shape index (κ1) is 11.6. The first-order valence-corrected chi connectivity index (χ1v) is 3.98. The number of alkyl halides is 4. The molecule has 0 fully saturated rings. The lowest BCUT2D eigenvalue weighted by Crippen LogP contribution is -2.31. The van der Waals surface area contributed by atoms with E-state index in [1.54, 1.807) is 0 Å². The van der Waals surface area contributed by atoms with Crippen LogP contribution in [0.3, 0.4) is 0 Å². The van der Waals surface area contributed by atoms with E-state index in [2.05, 4.69) is 9.32 Å². The lowest BCUT2D eigenvalue weighted by Gasteiger charge is -2.10. The molecule has 0 spiro atoms. The monoisotopic (exact) mass is 211 g/mol. The van der Waals surface area contributed by atoms with Gasteiger partial charge in [-0.2, -0.15) is 21.6 Å². The molecule has 0 aromatic carbocycles. The molecule has 0 amide bonds. The third-order valence-electron chi connectivity index (χ3n) is 0.734. The third-order valence-corrected chi connectivity index (χ3v) is 1.20. The summed E-state index contributed by atoms with van der Waals surface area (Å²) < 4.78 is 69.0. The Morgan fingerprint density at radius 1 is 1.42 bits per heavy atom. The molecule has 0 rings (SSSR count). The highest BCUT2D eigenvalue weighted by atomic mass is 32.2. The average molecular weight is 211 g/mol. The van der Waals surface area contributed by atoms with Crippen LogP contribution in [0.2, 0.25) is 0 Å². The third kappa shape index (κ3) is 5.27. The molecule has 0 radical (unpaired) electrons. The van der Waals surface area contributed by atoms with Gasteiger partial charge in [-0.05, 0) is 0 Å². The molecule has 9 heteroatoms. The van der Waals surface area contributed by atoms with Crippen LogP contribution in [-0.4, -0.2) is 27.4 Å². The maximum Gasteiger partial charge on any atom is 0.422 e. The van der Waals surface area contributed by atoms with E-state index in [0.29, 0.717) is 0 Å². The van der Waals surface area contributed by atoms with E-state index in [0.717, 1.165) is 0 Å². The second-order valence-corrected chi connectivity index (χ2v) is 3.01. The Bertz CT molecular complexity index is 234. The van der Waals surface area contributed by atoms with Crippen molar-refractivity contribution in [2.24, 2.45) is 5.14 Å². The maximum absolute atomic E-state index is 11.9. The number of hydrogen-bond donors (Lipinski definition) is 1. The van der Waals surface area contributed by atoms with Gasteiger partial charge < -0.3 is 0 Å². The van der Waals surface area contributed by atoms with Crippen molar-refractivity contribution in [2.75, 3.05) is 6.61 Å². The average Bonchev–Trinajstić information content (AvgIpc) is 1.78. The van der Waals surface area contributed by atoms with Crippen LogP contribution in [0.4, 0.5) is 17.6 Å². The summed E-state index contributed by atoms with van der Waals surface area (Å²) >= 11 is 0. The SMILES string of the molecule is NS(=O)(=O)OCC(F)C(F)(F)F. The van der Waals surface area contributed by atoms with Crippen molar-refractivity contribution in [3.05, 3.63) is 0 Å². The smallest absolute Gasteiger partial charge is 0.255 e. The van der Waals surface area contributed by atoms with Crippen LogP contribution in [0.5, 0.6) is 0 Å². The molecule has 0 saturated heterocycles. The minimum Gasteiger partial charge on any atom is -0.255 e. The Labute approximate surface area is 65.6 Å². The molecule has 0 aromatic rings. The summed E-state index contributed by atoms with van der Waals surface area (Å²) in [6.07, 6.45) is -8.49. The lowest BCUT2D eigenvalue weighted by atomic mass is 10.4. The van der Waals surface area contributed by atoms with E-state index < -0.39 is 29.3 Å². The molecule has 0 aliphatic rings. The quantitative estimate of drug-likeness (QED) is 0.673. The maximum atomic E-state index is 11.9. The Morgan fingerprint density at radius 2 is 1.83 bits per heavy atom. The summed E-state index contributed by atoms with van der Waals surface area (Å²) in [6, 6.07) is 0. The summed E-state index contributed by atoms with van der Waals surface area (Å²) in [5.74, 6) is 0. The molecule has 0 aromatic heterocycles. The van der Waals surface area contributed by atoms with E-state index in [1.165, 1.54) is 0 Å². The van der Waals surface area contributed by atoms with Crippen molar-refractivity contribution in [1.29, 1.82) is 0 Å². The number of hydrogen-bond acceptors (Lipinski definition) is 3. The van der Waals surface area contributed by atoms with Crippen LogP contribution in [0.25, 0.3) is 0 Å². The zero-order chi connectivity index (χ0) is 9.99. The summed E-state index contributed by atoms with van der Waals surface area (Å²) in [5.41, 5.74) is 0. The van der Waals surface area contributed by atoms with Gasteiger partial charge >= 0.3 is 16.5 Å². The number of rotatable bonds is 3. The summed E-state index contributed by atoms with van der Waals surface area (Å²) in [7, 11) is -4.52. The molecule has 0 heterocycles. The van der Waals surface area contributed by atoms with Crippen molar-refractivity contribution in [2.45, 2.75) is 12.3 Å². The Balaban J connectivity index is 3.97. The van der Waals surface area contributed by atoms with Crippen LogP contribution in [0, 0.1) is 0 Å². The first-order chi connectivity index (χ1) is 5.13. The van der Waals surface area contributed by atoms with Gasteiger partial charge in [-0.1, -0.05) is 0 Å². The fraction of sp³-hybridized carbons (Fsp3) is 1.00. The molecule has 1 atom stereocenters. The predicted molar refractivity (Wildman–Crippen MR) is 30.0 cm³/mol. The molecule has 2 N–H and O–H groups in total. The standard InChI is InChI=1S/C3H5F4NO3S/c4-2(3(5,6)7)1-11-12(8,9)10/h2H,1H2,(H2,8,9,10). The van der Waals surface area contributed by atoms with Gasteiger partial charge in [0.2, 0.25) is 6.17 Å². The second-order valence-electron chi connectivity index (χ2n) is 1.79. The molecule has 74 valence electrons. The van der Waals surface area contributed by atoms with Gasteiger partial charge in [0.15, 0.2) is 0 Å². The highest BCUT2D eigenvalue weighted by molar-refractivity contribution is 7.84. The van der Waals surface area contributed by atoms with E-state index >= 15 is 0 Å². The molecule has 12 heavy (non-hydrogen) atoms. The lowest BCUT2D eigenvalue weighted by molar-refractivity contribution is -0.186. The largest absolute Gasteiger partial charge is 0.422 e. The van der Waals surface area contributed by atoms with Crippen LogP contribution >= 0.6 is 0 Å². The molecule has 0 bridgehead atoms. The molecule has 0 aliphatic carbocycles. The van der Waals surface area contributed by atoms with Crippen molar-refractivity contribution >= 4 is 10.3 Å². The molecular weight excluding hydrogens is 206 g/mol. The van der Waals surface area contributed by atoms with Gasteiger partial charge in [0, 0.05) is 0 Å². The van der Waals surface area contributed by atoms with Gasteiger partial charge in [-0.15, -0.1) is 0 Å². The Morgan fingerprint density at radius 3 is 2.08 bits per heavy atom. The van der Waals surface area contributed by atoms with Gasteiger partial charge in [-0.25, -0.2) is 9.53 Å². The Hall–Kier alpha value is -0.410. The summed E-state index contributed by atoms with van der Waals surface area (Å²) in [4.78, 5) is 0. The van der Waals surface area contributed by atoms with Crippen LogP contribution in [-0.2, 0) is 14.5 Å². The van der Waals surface area contributed by atoms with Gasteiger partial charge in [-0.3, -0.25) is 4.18 Å². The van der Waals surface area contributed by atoms with E-state index in [4.69, 9.17) is 0 Å². The van der Waals surface area contributed by atoms with E-state index in [9.17, 15) is 26.0 Å². The van der Waals surface area contributed by atoms with Gasteiger partial charge in [0.1, 0.15) is 6.61 Å². The van der Waals surface area contributed by atoms with E-state index in [1.807, 2.05) is 0 Å².